The van der Waals surface area contributed by atoms with Crippen LogP contribution in [0, 0.1) is 5.92 Å². The van der Waals surface area contributed by atoms with Gasteiger partial charge in [0.2, 0.25) is 0 Å². The molecule has 0 aliphatic heterocycles. The van der Waals surface area contributed by atoms with Crippen LogP contribution >= 0.6 is 0 Å². The minimum Gasteiger partial charge on any atom is -0.497 e. The van der Waals surface area contributed by atoms with Gasteiger partial charge < -0.3 is 14.7 Å². The third kappa shape index (κ3) is 3.76. The van der Waals surface area contributed by atoms with E-state index in [1.807, 2.05) is 0 Å². The van der Waals surface area contributed by atoms with Crippen molar-refractivity contribution >= 4 is 5.91 Å². The fourth-order valence-electron chi connectivity index (χ4n) is 2.96. The van der Waals surface area contributed by atoms with Crippen molar-refractivity contribution in [1.82, 2.24) is 4.90 Å². The maximum atomic E-state index is 12.5. The summed E-state index contributed by atoms with van der Waals surface area (Å²) < 4.78 is 5.14. The van der Waals surface area contributed by atoms with Crippen molar-refractivity contribution < 1.29 is 14.6 Å². The SMILES string of the molecule is COc1cccc(C(O)C(=O)N(C)C2CCC(C)CC2)c1. The predicted molar refractivity (Wildman–Crippen MR) is 82.1 cm³/mol. The number of ether oxygens (including phenoxy) is 1. The second kappa shape index (κ2) is 6.94. The highest BCUT2D eigenvalue weighted by atomic mass is 16.5. The normalized spacial score (nSPS) is 23.4. The van der Waals surface area contributed by atoms with Crippen molar-refractivity contribution in [3.05, 3.63) is 29.8 Å². The summed E-state index contributed by atoms with van der Waals surface area (Å²) in [5.41, 5.74) is 0.579. The maximum Gasteiger partial charge on any atom is 0.256 e. The molecule has 1 aromatic carbocycles. The average molecular weight is 291 g/mol. The standard InChI is InChI=1S/C17H25NO3/c1-12-7-9-14(10-8-12)18(2)17(20)16(19)13-5-4-6-15(11-13)21-3/h4-6,11-12,14,16,19H,7-10H2,1-3H3. The van der Waals surface area contributed by atoms with Crippen LogP contribution in [0.25, 0.3) is 0 Å². The second-order valence-corrected chi connectivity index (χ2v) is 6.04. The molecule has 1 saturated carbocycles. The van der Waals surface area contributed by atoms with Gasteiger partial charge in [-0.2, -0.15) is 0 Å². The first-order valence-corrected chi connectivity index (χ1v) is 7.61. The van der Waals surface area contributed by atoms with E-state index in [1.165, 1.54) is 0 Å². The van der Waals surface area contributed by atoms with Crippen LogP contribution in [0.2, 0.25) is 0 Å². The van der Waals surface area contributed by atoms with Gasteiger partial charge in [-0.3, -0.25) is 4.79 Å². The molecule has 1 aliphatic rings. The molecule has 0 heterocycles. The van der Waals surface area contributed by atoms with Crippen molar-refractivity contribution in [2.24, 2.45) is 5.92 Å². The van der Waals surface area contributed by atoms with Crippen molar-refractivity contribution in [3.63, 3.8) is 0 Å². The average Bonchev–Trinajstić information content (AvgIpc) is 2.53. The molecule has 4 nitrogen and oxygen atoms in total. The van der Waals surface area contributed by atoms with Crippen LogP contribution in [0.5, 0.6) is 5.75 Å². The van der Waals surface area contributed by atoms with Gasteiger partial charge in [-0.25, -0.2) is 0 Å². The Bertz CT molecular complexity index is 481. The highest BCUT2D eigenvalue weighted by Crippen LogP contribution is 2.28. The van der Waals surface area contributed by atoms with Crippen molar-refractivity contribution in [2.75, 3.05) is 14.2 Å². The topological polar surface area (TPSA) is 49.8 Å². The zero-order valence-electron chi connectivity index (χ0n) is 13.1. The number of hydrogen-bond donors (Lipinski definition) is 1. The highest BCUT2D eigenvalue weighted by Gasteiger charge is 2.29. The minimum absolute atomic E-state index is 0.234. The molecule has 21 heavy (non-hydrogen) atoms. The van der Waals surface area contributed by atoms with Crippen LogP contribution < -0.4 is 4.74 Å². The lowest BCUT2D eigenvalue weighted by Crippen LogP contribution is -2.41. The Labute approximate surface area is 126 Å². The monoisotopic (exact) mass is 291 g/mol. The Kier molecular flexibility index (Phi) is 5.23. The molecule has 0 bridgehead atoms. The van der Waals surface area contributed by atoms with Gasteiger partial charge in [-0.15, -0.1) is 0 Å². The molecule has 1 aliphatic carbocycles. The number of nitrogens with zero attached hydrogens (tertiary/aromatic N) is 1. The minimum atomic E-state index is -1.12. The second-order valence-electron chi connectivity index (χ2n) is 6.04. The fraction of sp³-hybridized carbons (Fsp3) is 0.588. The largest absolute Gasteiger partial charge is 0.497 e. The first-order chi connectivity index (χ1) is 10.0. The first kappa shape index (κ1) is 15.8. The lowest BCUT2D eigenvalue weighted by atomic mass is 9.86. The van der Waals surface area contributed by atoms with E-state index in [1.54, 1.807) is 43.3 Å². The number of amides is 1. The number of aliphatic hydroxyl groups is 1. The van der Waals surface area contributed by atoms with E-state index in [0.29, 0.717) is 11.3 Å². The molecule has 1 aromatic rings. The molecule has 1 unspecified atom stereocenters. The molecule has 0 radical (unpaired) electrons. The van der Waals surface area contributed by atoms with E-state index >= 15 is 0 Å². The van der Waals surface area contributed by atoms with Gasteiger partial charge in [0.15, 0.2) is 6.10 Å². The molecule has 1 atom stereocenters. The summed E-state index contributed by atoms with van der Waals surface area (Å²) in [6.07, 6.45) is 3.22. The van der Waals surface area contributed by atoms with E-state index in [0.717, 1.165) is 31.6 Å². The van der Waals surface area contributed by atoms with Gasteiger partial charge in [-0.1, -0.05) is 19.1 Å². The molecular weight excluding hydrogens is 266 g/mol. The van der Waals surface area contributed by atoms with Crippen LogP contribution in [-0.2, 0) is 4.79 Å². The van der Waals surface area contributed by atoms with Crippen LogP contribution in [0.1, 0.15) is 44.3 Å². The third-order valence-electron chi connectivity index (χ3n) is 4.52. The summed E-state index contributed by atoms with van der Waals surface area (Å²) in [6.45, 7) is 2.25. The zero-order valence-corrected chi connectivity index (χ0v) is 13.1. The molecule has 4 heteroatoms. The van der Waals surface area contributed by atoms with E-state index in [2.05, 4.69) is 6.92 Å². The predicted octanol–water partition coefficient (Wildman–Crippen LogP) is 2.77. The molecule has 1 N–H and O–H groups in total. The molecule has 1 fully saturated rings. The van der Waals surface area contributed by atoms with Crippen molar-refractivity contribution in [1.29, 1.82) is 0 Å². The van der Waals surface area contributed by atoms with E-state index < -0.39 is 6.10 Å². The maximum absolute atomic E-state index is 12.5. The molecule has 0 spiro atoms. The molecule has 1 amide bonds. The van der Waals surface area contributed by atoms with Crippen molar-refractivity contribution in [3.8, 4) is 5.75 Å². The number of carbonyl (C=O) groups is 1. The van der Waals surface area contributed by atoms with E-state index in [9.17, 15) is 9.90 Å². The van der Waals surface area contributed by atoms with Crippen molar-refractivity contribution in [2.45, 2.75) is 44.8 Å². The lowest BCUT2D eigenvalue weighted by Gasteiger charge is -2.34. The quantitative estimate of drug-likeness (QED) is 0.928. The Morgan fingerprint density at radius 2 is 2.00 bits per heavy atom. The Morgan fingerprint density at radius 1 is 1.33 bits per heavy atom. The smallest absolute Gasteiger partial charge is 0.256 e. The Morgan fingerprint density at radius 3 is 2.62 bits per heavy atom. The molecule has 116 valence electrons. The number of likely N-dealkylation sites (N-methyl/N-ethyl adjacent to an activating group) is 1. The van der Waals surface area contributed by atoms with Gasteiger partial charge in [0, 0.05) is 13.1 Å². The summed E-state index contributed by atoms with van der Waals surface area (Å²) >= 11 is 0. The number of benzene rings is 1. The van der Waals surface area contributed by atoms with Gasteiger partial charge >= 0.3 is 0 Å². The highest BCUT2D eigenvalue weighted by molar-refractivity contribution is 5.82. The third-order valence-corrected chi connectivity index (χ3v) is 4.52. The van der Waals surface area contributed by atoms with Crippen LogP contribution in [0.4, 0.5) is 0 Å². The fourth-order valence-corrected chi connectivity index (χ4v) is 2.96. The number of rotatable bonds is 4. The van der Waals surface area contributed by atoms with Gasteiger partial charge in [-0.05, 0) is 49.3 Å². The van der Waals surface area contributed by atoms with E-state index in [-0.39, 0.29) is 11.9 Å². The number of methoxy groups -OCH3 is 1. The number of aliphatic hydroxyl groups excluding tert-OH is 1. The van der Waals surface area contributed by atoms with E-state index in [4.69, 9.17) is 4.74 Å². The number of hydrogen-bond acceptors (Lipinski definition) is 3. The van der Waals surface area contributed by atoms with Crippen LogP contribution in [-0.4, -0.2) is 36.1 Å². The zero-order chi connectivity index (χ0) is 15.4. The van der Waals surface area contributed by atoms with Gasteiger partial charge in [0.05, 0.1) is 7.11 Å². The summed E-state index contributed by atoms with van der Waals surface area (Å²) in [5, 5.41) is 10.3. The summed E-state index contributed by atoms with van der Waals surface area (Å²) in [7, 11) is 3.37. The molecule has 2 rings (SSSR count). The summed E-state index contributed by atoms with van der Waals surface area (Å²) in [5.74, 6) is 1.16. The molecule has 0 aromatic heterocycles. The molecule has 0 saturated heterocycles. The van der Waals surface area contributed by atoms with Gasteiger partial charge in [0.1, 0.15) is 5.75 Å². The lowest BCUT2D eigenvalue weighted by molar-refractivity contribution is -0.142. The summed E-state index contributed by atoms with van der Waals surface area (Å²) in [6, 6.07) is 7.29. The van der Waals surface area contributed by atoms with Crippen LogP contribution in [0.15, 0.2) is 24.3 Å². The number of carbonyl (C=O) groups excluding carboxylic acids is 1. The van der Waals surface area contributed by atoms with Gasteiger partial charge in [0.25, 0.3) is 5.91 Å². The Balaban J connectivity index is 2.04. The summed E-state index contributed by atoms with van der Waals surface area (Å²) in [4.78, 5) is 14.2. The first-order valence-electron chi connectivity index (χ1n) is 7.61. The molecular formula is C17H25NO3. The van der Waals surface area contributed by atoms with Crippen LogP contribution in [0.3, 0.4) is 0 Å². The Hall–Kier alpha value is -1.55.